The molecule has 1 saturated heterocycles. The first-order valence-corrected chi connectivity index (χ1v) is 8.25. The maximum atomic E-state index is 13.7. The minimum absolute atomic E-state index is 0.0646. The molecule has 1 aromatic carbocycles. The van der Waals surface area contributed by atoms with Crippen LogP contribution in [0.5, 0.6) is 0 Å². The molecule has 1 atom stereocenters. The molecule has 2 amide bonds. The van der Waals surface area contributed by atoms with E-state index < -0.39 is 17.8 Å². The number of para-hydroxylation sites is 1. The Morgan fingerprint density at radius 3 is 2.95 bits per heavy atom. The van der Waals surface area contributed by atoms with Crippen LogP contribution in [0, 0.1) is 5.82 Å². The molecule has 1 fully saturated rings. The average Bonchev–Trinajstić information content (AvgIpc) is 2.43. The molecular formula is C13H14BrFN2O3S. The number of anilines is 1. The highest BCUT2D eigenvalue weighted by Gasteiger charge is 2.29. The maximum absolute atomic E-state index is 13.7. The second-order valence-corrected chi connectivity index (χ2v) is 6.55. The standard InChI is InChI=1S/C13H14BrFN2O3S/c14-9-2-1-3-10(15)12(9)16-13(20)17-4-5-21-7-8(17)6-11(18)19/h1-3,8H,4-7H2,(H,16,20)(H,18,19). The monoisotopic (exact) mass is 376 g/mol. The largest absolute Gasteiger partial charge is 0.481 e. The highest BCUT2D eigenvalue weighted by Crippen LogP contribution is 2.27. The summed E-state index contributed by atoms with van der Waals surface area (Å²) in [4.78, 5) is 24.6. The molecule has 0 saturated carbocycles. The van der Waals surface area contributed by atoms with Crippen LogP contribution in [-0.2, 0) is 4.79 Å². The second-order valence-electron chi connectivity index (χ2n) is 4.55. The lowest BCUT2D eigenvalue weighted by Gasteiger charge is -2.34. The van der Waals surface area contributed by atoms with Gasteiger partial charge in [-0.05, 0) is 28.1 Å². The van der Waals surface area contributed by atoms with Crippen LogP contribution >= 0.6 is 27.7 Å². The molecule has 1 unspecified atom stereocenters. The number of hydrogen-bond acceptors (Lipinski definition) is 3. The van der Waals surface area contributed by atoms with E-state index in [1.165, 1.54) is 17.0 Å². The van der Waals surface area contributed by atoms with Gasteiger partial charge < -0.3 is 15.3 Å². The molecule has 1 aliphatic rings. The van der Waals surface area contributed by atoms with Crippen LogP contribution < -0.4 is 5.32 Å². The molecule has 1 aromatic rings. The Kier molecular flexibility index (Phi) is 5.46. The van der Waals surface area contributed by atoms with Crippen LogP contribution in [0.4, 0.5) is 14.9 Å². The predicted octanol–water partition coefficient (Wildman–Crippen LogP) is 3.01. The Labute approximate surface area is 134 Å². The van der Waals surface area contributed by atoms with Gasteiger partial charge in [0, 0.05) is 22.5 Å². The summed E-state index contributed by atoms with van der Waals surface area (Å²) in [5, 5.41) is 11.4. The number of carbonyl (C=O) groups is 2. The topological polar surface area (TPSA) is 69.6 Å². The molecule has 0 radical (unpaired) electrons. The number of carboxylic acid groups (broad SMARTS) is 1. The average molecular weight is 377 g/mol. The van der Waals surface area contributed by atoms with Gasteiger partial charge in [-0.25, -0.2) is 9.18 Å². The lowest BCUT2D eigenvalue weighted by molar-refractivity contribution is -0.137. The number of hydrogen-bond donors (Lipinski definition) is 2. The fraction of sp³-hybridized carbons (Fsp3) is 0.385. The first-order valence-electron chi connectivity index (χ1n) is 6.30. The van der Waals surface area contributed by atoms with E-state index in [9.17, 15) is 14.0 Å². The van der Waals surface area contributed by atoms with E-state index in [1.54, 1.807) is 17.8 Å². The van der Waals surface area contributed by atoms with Crippen molar-refractivity contribution in [2.24, 2.45) is 0 Å². The SMILES string of the molecule is O=C(O)CC1CSCCN1C(=O)Nc1c(F)cccc1Br. The fourth-order valence-electron chi connectivity index (χ4n) is 2.09. The Balaban J connectivity index is 2.12. The Morgan fingerprint density at radius 1 is 1.52 bits per heavy atom. The summed E-state index contributed by atoms with van der Waals surface area (Å²) >= 11 is 4.79. The van der Waals surface area contributed by atoms with Gasteiger partial charge in [0.15, 0.2) is 0 Å². The van der Waals surface area contributed by atoms with Gasteiger partial charge in [0.2, 0.25) is 0 Å². The van der Waals surface area contributed by atoms with Crippen LogP contribution in [0.1, 0.15) is 6.42 Å². The van der Waals surface area contributed by atoms with Crippen molar-refractivity contribution in [1.29, 1.82) is 0 Å². The van der Waals surface area contributed by atoms with Crippen molar-refractivity contribution in [1.82, 2.24) is 4.90 Å². The lowest BCUT2D eigenvalue weighted by Crippen LogP contribution is -2.49. The first-order chi connectivity index (χ1) is 9.99. The highest BCUT2D eigenvalue weighted by atomic mass is 79.9. The highest BCUT2D eigenvalue weighted by molar-refractivity contribution is 9.10. The second kappa shape index (κ2) is 7.13. The third-order valence-corrected chi connectivity index (χ3v) is 4.85. The summed E-state index contributed by atoms with van der Waals surface area (Å²) in [6.07, 6.45) is -0.112. The fourth-order valence-corrected chi connectivity index (χ4v) is 3.59. The normalized spacial score (nSPS) is 18.4. The molecule has 5 nitrogen and oxygen atoms in total. The minimum Gasteiger partial charge on any atom is -0.481 e. The van der Waals surface area contributed by atoms with Crippen LogP contribution in [0.15, 0.2) is 22.7 Å². The summed E-state index contributed by atoms with van der Waals surface area (Å²) in [6, 6.07) is 3.54. The van der Waals surface area contributed by atoms with Crippen molar-refractivity contribution in [2.75, 3.05) is 23.4 Å². The molecule has 8 heteroatoms. The molecular weight excluding hydrogens is 363 g/mol. The summed E-state index contributed by atoms with van der Waals surface area (Å²) in [7, 11) is 0. The molecule has 0 bridgehead atoms. The van der Waals surface area contributed by atoms with Gasteiger partial charge in [-0.15, -0.1) is 0 Å². The van der Waals surface area contributed by atoms with Crippen LogP contribution in [0.3, 0.4) is 0 Å². The quantitative estimate of drug-likeness (QED) is 0.850. The van der Waals surface area contributed by atoms with Crippen LogP contribution in [0.25, 0.3) is 0 Å². The zero-order chi connectivity index (χ0) is 15.4. The van der Waals surface area contributed by atoms with Crippen molar-refractivity contribution in [3.8, 4) is 0 Å². The van der Waals surface area contributed by atoms with Gasteiger partial charge in [0.25, 0.3) is 0 Å². The number of nitrogens with one attached hydrogen (secondary N) is 1. The third kappa shape index (κ3) is 4.10. The number of aliphatic carboxylic acids is 1. The molecule has 1 heterocycles. The molecule has 2 rings (SSSR count). The van der Waals surface area contributed by atoms with Crippen molar-refractivity contribution in [3.05, 3.63) is 28.5 Å². The Morgan fingerprint density at radius 2 is 2.29 bits per heavy atom. The van der Waals surface area contributed by atoms with E-state index in [1.807, 2.05) is 0 Å². The Bertz CT molecular complexity index is 538. The van der Waals surface area contributed by atoms with E-state index in [4.69, 9.17) is 5.11 Å². The van der Waals surface area contributed by atoms with E-state index in [0.29, 0.717) is 16.8 Å². The number of carboxylic acids is 1. The molecule has 0 aliphatic carbocycles. The van der Waals surface area contributed by atoms with Crippen LogP contribution in [-0.4, -0.2) is 46.1 Å². The summed E-state index contributed by atoms with van der Waals surface area (Å²) in [5.41, 5.74) is 0.0646. The predicted molar refractivity (Wildman–Crippen MR) is 83.2 cm³/mol. The van der Waals surface area contributed by atoms with E-state index >= 15 is 0 Å². The number of urea groups is 1. The van der Waals surface area contributed by atoms with Crippen molar-refractivity contribution < 1.29 is 19.1 Å². The van der Waals surface area contributed by atoms with Crippen LogP contribution in [0.2, 0.25) is 0 Å². The van der Waals surface area contributed by atoms with Gasteiger partial charge in [-0.2, -0.15) is 11.8 Å². The van der Waals surface area contributed by atoms with E-state index in [0.717, 1.165) is 5.75 Å². The third-order valence-electron chi connectivity index (χ3n) is 3.09. The van der Waals surface area contributed by atoms with Gasteiger partial charge >= 0.3 is 12.0 Å². The minimum atomic E-state index is -0.952. The first kappa shape index (κ1) is 16.1. The summed E-state index contributed by atoms with van der Waals surface area (Å²) in [6.45, 7) is 0.445. The summed E-state index contributed by atoms with van der Waals surface area (Å²) in [5.74, 6) is -0.189. The van der Waals surface area contributed by atoms with E-state index in [2.05, 4.69) is 21.2 Å². The zero-order valence-corrected chi connectivity index (χ0v) is 13.4. The number of rotatable bonds is 3. The summed E-state index contributed by atoms with van der Waals surface area (Å²) < 4.78 is 14.2. The number of carbonyl (C=O) groups excluding carboxylic acids is 1. The van der Waals surface area contributed by atoms with Gasteiger partial charge in [-0.1, -0.05) is 6.07 Å². The zero-order valence-electron chi connectivity index (χ0n) is 11.0. The van der Waals surface area contributed by atoms with Crippen molar-refractivity contribution in [2.45, 2.75) is 12.5 Å². The van der Waals surface area contributed by atoms with Gasteiger partial charge in [-0.3, -0.25) is 4.79 Å². The van der Waals surface area contributed by atoms with Crippen molar-refractivity contribution in [3.63, 3.8) is 0 Å². The van der Waals surface area contributed by atoms with Gasteiger partial charge in [0.05, 0.1) is 18.2 Å². The number of nitrogens with zero attached hydrogens (tertiary/aromatic N) is 1. The number of benzene rings is 1. The number of halogens is 2. The van der Waals surface area contributed by atoms with Crippen molar-refractivity contribution >= 4 is 45.4 Å². The van der Waals surface area contributed by atoms with Gasteiger partial charge in [0.1, 0.15) is 5.82 Å². The molecule has 21 heavy (non-hydrogen) atoms. The molecule has 114 valence electrons. The molecule has 2 N–H and O–H groups in total. The lowest BCUT2D eigenvalue weighted by atomic mass is 10.2. The number of thioether (sulfide) groups is 1. The smallest absolute Gasteiger partial charge is 0.322 e. The molecule has 0 aromatic heterocycles. The molecule has 1 aliphatic heterocycles. The van der Waals surface area contributed by atoms with E-state index in [-0.39, 0.29) is 18.2 Å². The maximum Gasteiger partial charge on any atom is 0.322 e. The molecule has 0 spiro atoms. The Hall–Kier alpha value is -1.28. The number of amides is 2.